The van der Waals surface area contributed by atoms with Crippen molar-refractivity contribution in [3.63, 3.8) is 0 Å². The van der Waals surface area contributed by atoms with Crippen molar-refractivity contribution in [2.45, 2.75) is 13.3 Å². The number of hydrogen-bond acceptors (Lipinski definition) is 2. The number of benzene rings is 1. The van der Waals surface area contributed by atoms with Gasteiger partial charge in [0.2, 0.25) is 5.91 Å². The predicted octanol–water partition coefficient (Wildman–Crippen LogP) is 2.42. The number of amides is 1. The molecule has 112 valence electrons. The fraction of sp³-hybridized carbons (Fsp3) is 0.500. The zero-order chi connectivity index (χ0) is 13.8. The summed E-state index contributed by atoms with van der Waals surface area (Å²) < 4.78 is 12.9. The SMILES string of the molecule is CC(C(=O)NCCc1ccc(F)cc1Cl)C1CNC1.Cl. The van der Waals surface area contributed by atoms with Crippen LogP contribution in [-0.2, 0) is 11.2 Å². The maximum Gasteiger partial charge on any atom is 0.223 e. The van der Waals surface area contributed by atoms with Crippen LogP contribution in [0.3, 0.4) is 0 Å². The van der Waals surface area contributed by atoms with Crippen LogP contribution in [0.1, 0.15) is 12.5 Å². The normalized spacial score (nSPS) is 15.9. The number of rotatable bonds is 5. The molecule has 0 saturated carbocycles. The Hall–Kier alpha value is -0.840. The summed E-state index contributed by atoms with van der Waals surface area (Å²) in [5.41, 5.74) is 0.848. The van der Waals surface area contributed by atoms with Gasteiger partial charge in [0.05, 0.1) is 0 Å². The van der Waals surface area contributed by atoms with Gasteiger partial charge in [-0.2, -0.15) is 0 Å². The standard InChI is InChI=1S/C14H18ClFN2O.ClH/c1-9(11-7-17-8-11)14(19)18-5-4-10-2-3-12(16)6-13(10)15;/h2-3,6,9,11,17H,4-5,7-8H2,1H3,(H,18,19);1H. The summed E-state index contributed by atoms with van der Waals surface area (Å²) in [5, 5.41) is 6.47. The highest BCUT2D eigenvalue weighted by molar-refractivity contribution is 6.31. The molecule has 1 saturated heterocycles. The Bertz CT molecular complexity index is 466. The number of nitrogens with one attached hydrogen (secondary N) is 2. The average Bonchev–Trinajstić information content (AvgIpc) is 2.29. The fourth-order valence-electron chi connectivity index (χ4n) is 2.08. The zero-order valence-electron chi connectivity index (χ0n) is 11.3. The van der Waals surface area contributed by atoms with Crippen LogP contribution in [0.2, 0.25) is 5.02 Å². The molecule has 1 aromatic carbocycles. The third-order valence-corrected chi connectivity index (χ3v) is 3.99. The van der Waals surface area contributed by atoms with Gasteiger partial charge in [-0.3, -0.25) is 4.79 Å². The van der Waals surface area contributed by atoms with Gasteiger partial charge in [0.25, 0.3) is 0 Å². The van der Waals surface area contributed by atoms with Crippen molar-refractivity contribution in [1.29, 1.82) is 0 Å². The lowest BCUT2D eigenvalue weighted by Crippen LogP contribution is -2.49. The lowest BCUT2D eigenvalue weighted by atomic mass is 9.88. The first-order valence-corrected chi connectivity index (χ1v) is 6.88. The first-order valence-electron chi connectivity index (χ1n) is 6.50. The van der Waals surface area contributed by atoms with Gasteiger partial charge in [-0.05, 0) is 43.1 Å². The van der Waals surface area contributed by atoms with Gasteiger partial charge in [0.15, 0.2) is 0 Å². The van der Waals surface area contributed by atoms with Crippen molar-refractivity contribution >= 4 is 29.9 Å². The molecule has 1 fully saturated rings. The number of hydrogen-bond donors (Lipinski definition) is 2. The zero-order valence-corrected chi connectivity index (χ0v) is 12.9. The molecule has 1 amide bonds. The van der Waals surface area contributed by atoms with Crippen molar-refractivity contribution in [2.24, 2.45) is 11.8 Å². The maximum atomic E-state index is 12.9. The van der Waals surface area contributed by atoms with Crippen LogP contribution in [0.4, 0.5) is 4.39 Å². The van der Waals surface area contributed by atoms with Gasteiger partial charge in [0.1, 0.15) is 5.82 Å². The monoisotopic (exact) mass is 320 g/mol. The van der Waals surface area contributed by atoms with Gasteiger partial charge in [-0.15, -0.1) is 12.4 Å². The van der Waals surface area contributed by atoms with Gasteiger partial charge >= 0.3 is 0 Å². The smallest absolute Gasteiger partial charge is 0.223 e. The van der Waals surface area contributed by atoms with Crippen LogP contribution in [-0.4, -0.2) is 25.5 Å². The lowest BCUT2D eigenvalue weighted by molar-refractivity contribution is -0.126. The summed E-state index contributed by atoms with van der Waals surface area (Å²) in [4.78, 5) is 11.9. The van der Waals surface area contributed by atoms with E-state index in [0.717, 1.165) is 18.7 Å². The second-order valence-electron chi connectivity index (χ2n) is 4.98. The average molecular weight is 321 g/mol. The van der Waals surface area contributed by atoms with Crippen LogP contribution in [0.25, 0.3) is 0 Å². The Kier molecular flexibility index (Phi) is 6.72. The van der Waals surface area contributed by atoms with Crippen molar-refractivity contribution in [3.8, 4) is 0 Å². The molecule has 20 heavy (non-hydrogen) atoms. The number of halogens is 3. The molecule has 2 rings (SSSR count). The van der Waals surface area contributed by atoms with Crippen molar-refractivity contribution in [1.82, 2.24) is 10.6 Å². The highest BCUT2D eigenvalue weighted by atomic mass is 35.5. The Morgan fingerprint density at radius 1 is 1.55 bits per heavy atom. The minimum absolute atomic E-state index is 0. The molecular weight excluding hydrogens is 302 g/mol. The highest BCUT2D eigenvalue weighted by Crippen LogP contribution is 2.18. The van der Waals surface area contributed by atoms with E-state index < -0.39 is 0 Å². The van der Waals surface area contributed by atoms with Crippen LogP contribution in [0, 0.1) is 17.7 Å². The molecule has 1 unspecified atom stereocenters. The second kappa shape index (κ2) is 7.81. The molecule has 1 atom stereocenters. The van der Waals surface area contributed by atoms with Crippen LogP contribution >= 0.6 is 24.0 Å². The van der Waals surface area contributed by atoms with Crippen molar-refractivity contribution in [2.75, 3.05) is 19.6 Å². The van der Waals surface area contributed by atoms with E-state index in [1.807, 2.05) is 6.92 Å². The molecule has 0 aromatic heterocycles. The van der Waals surface area contributed by atoms with E-state index in [9.17, 15) is 9.18 Å². The lowest BCUT2D eigenvalue weighted by Gasteiger charge is -2.31. The third-order valence-electron chi connectivity index (χ3n) is 3.64. The molecule has 0 bridgehead atoms. The summed E-state index contributed by atoms with van der Waals surface area (Å²) >= 11 is 5.93. The summed E-state index contributed by atoms with van der Waals surface area (Å²) in [6.07, 6.45) is 0.612. The summed E-state index contributed by atoms with van der Waals surface area (Å²) in [6, 6.07) is 4.33. The van der Waals surface area contributed by atoms with Gasteiger partial charge in [-0.1, -0.05) is 24.6 Å². The van der Waals surface area contributed by atoms with Gasteiger partial charge in [-0.25, -0.2) is 4.39 Å². The largest absolute Gasteiger partial charge is 0.356 e. The summed E-state index contributed by atoms with van der Waals surface area (Å²) in [7, 11) is 0. The third kappa shape index (κ3) is 4.33. The summed E-state index contributed by atoms with van der Waals surface area (Å²) in [6.45, 7) is 4.30. The number of carbonyl (C=O) groups is 1. The minimum atomic E-state index is -0.344. The Balaban J connectivity index is 0.00000200. The van der Waals surface area contributed by atoms with Crippen molar-refractivity contribution < 1.29 is 9.18 Å². The van der Waals surface area contributed by atoms with Gasteiger partial charge in [0, 0.05) is 17.5 Å². The molecule has 6 heteroatoms. The maximum absolute atomic E-state index is 12.9. The molecular formula is C14H19Cl2FN2O. The second-order valence-corrected chi connectivity index (χ2v) is 5.39. The molecule has 1 heterocycles. The van der Waals surface area contributed by atoms with Crippen LogP contribution in [0.5, 0.6) is 0 Å². The summed E-state index contributed by atoms with van der Waals surface area (Å²) in [5.74, 6) is 0.202. The molecule has 3 nitrogen and oxygen atoms in total. The van der Waals surface area contributed by atoms with E-state index in [1.54, 1.807) is 6.07 Å². The first kappa shape index (κ1) is 17.2. The molecule has 1 aromatic rings. The minimum Gasteiger partial charge on any atom is -0.356 e. The topological polar surface area (TPSA) is 41.1 Å². The van der Waals surface area contributed by atoms with Gasteiger partial charge < -0.3 is 10.6 Å². The fourth-order valence-corrected chi connectivity index (χ4v) is 2.35. The van der Waals surface area contributed by atoms with E-state index in [2.05, 4.69) is 10.6 Å². The Morgan fingerprint density at radius 2 is 2.25 bits per heavy atom. The predicted molar refractivity (Wildman–Crippen MR) is 80.9 cm³/mol. The molecule has 1 aliphatic rings. The molecule has 2 N–H and O–H groups in total. The van der Waals surface area contributed by atoms with Crippen LogP contribution in [0.15, 0.2) is 18.2 Å². The van der Waals surface area contributed by atoms with E-state index >= 15 is 0 Å². The van der Waals surface area contributed by atoms with Crippen LogP contribution < -0.4 is 10.6 Å². The molecule has 0 aliphatic carbocycles. The van der Waals surface area contributed by atoms with E-state index in [-0.39, 0.29) is 30.0 Å². The molecule has 1 aliphatic heterocycles. The first-order chi connectivity index (χ1) is 9.08. The number of carbonyl (C=O) groups excluding carboxylic acids is 1. The van der Waals surface area contributed by atoms with E-state index in [4.69, 9.17) is 11.6 Å². The van der Waals surface area contributed by atoms with Crippen molar-refractivity contribution in [3.05, 3.63) is 34.6 Å². The Morgan fingerprint density at radius 3 is 2.80 bits per heavy atom. The van der Waals surface area contributed by atoms with E-state index in [1.165, 1.54) is 12.1 Å². The molecule has 0 radical (unpaired) electrons. The quantitative estimate of drug-likeness (QED) is 0.874. The van der Waals surface area contributed by atoms with E-state index in [0.29, 0.717) is 23.9 Å². The Labute approximate surface area is 129 Å². The highest BCUT2D eigenvalue weighted by Gasteiger charge is 2.28. The molecule has 0 spiro atoms.